The molecule has 186 valence electrons. The van der Waals surface area contributed by atoms with Crippen molar-refractivity contribution in [2.24, 2.45) is 0 Å². The van der Waals surface area contributed by atoms with E-state index in [1.165, 1.54) is 11.6 Å². The Hall–Kier alpha value is -3.00. The van der Waals surface area contributed by atoms with Gasteiger partial charge in [0.25, 0.3) is 0 Å². The number of nitrogens with one attached hydrogen (secondary N) is 2. The van der Waals surface area contributed by atoms with E-state index in [9.17, 15) is 18.0 Å². The van der Waals surface area contributed by atoms with Crippen LogP contribution >= 0.6 is 11.8 Å². The van der Waals surface area contributed by atoms with Crippen LogP contribution in [0.15, 0.2) is 36.4 Å². The summed E-state index contributed by atoms with van der Waals surface area (Å²) in [6.07, 6.45) is 1.98. The molecule has 1 aromatic carbocycles. The van der Waals surface area contributed by atoms with Gasteiger partial charge in [-0.3, -0.25) is 0 Å². The summed E-state index contributed by atoms with van der Waals surface area (Å²) >= 11 is -0.168. The number of thioether (sulfide) groups is 1. The Bertz CT molecular complexity index is 1270. The predicted octanol–water partition coefficient (Wildman–Crippen LogP) is 2.72. The normalized spacial score (nSPS) is 12.1. The van der Waals surface area contributed by atoms with Crippen molar-refractivity contribution < 1.29 is 22.7 Å². The molecule has 0 fully saturated rings. The number of hydrogen-bond donors (Lipinski definition) is 3. The molecule has 0 aliphatic carbocycles. The van der Waals surface area contributed by atoms with Gasteiger partial charge in [-0.2, -0.15) is 11.8 Å². The van der Waals surface area contributed by atoms with Crippen LogP contribution in [0.2, 0.25) is 0 Å². The van der Waals surface area contributed by atoms with Gasteiger partial charge in [-0.1, -0.05) is 6.92 Å². The van der Waals surface area contributed by atoms with Crippen LogP contribution < -0.4 is 25.6 Å². The zero-order valence-corrected chi connectivity index (χ0v) is 21.7. The molecule has 0 aliphatic rings. The summed E-state index contributed by atoms with van der Waals surface area (Å²) in [5.41, 5.74) is 7.24. The molecule has 1 amide bonds. The number of aromatic nitrogens is 2. The van der Waals surface area contributed by atoms with Crippen LogP contribution in [0, 0.1) is 11.8 Å². The Morgan fingerprint density at radius 1 is 1.34 bits per heavy atom. The van der Waals surface area contributed by atoms with Crippen molar-refractivity contribution in [3.8, 4) is 17.6 Å². The maximum atomic E-state index is 13.2. The van der Waals surface area contributed by atoms with Crippen molar-refractivity contribution in [1.29, 1.82) is 0 Å². The molecule has 3 rings (SSSR count). The second kappa shape index (κ2) is 11.6. The number of pyridine rings is 1. The minimum atomic E-state index is -4.36. The number of alkyl halides is 3. The minimum absolute atomic E-state index is 0.0357. The monoisotopic (exact) mass is 571 g/mol. The number of anilines is 2. The second-order valence-corrected chi connectivity index (χ2v) is 10.8. The number of fused-ring (bicyclic) bond motifs is 1. The fourth-order valence-electron chi connectivity index (χ4n) is 3.03. The summed E-state index contributed by atoms with van der Waals surface area (Å²) in [5, 5.41) is 6.05. The summed E-state index contributed by atoms with van der Waals surface area (Å²) in [4.78, 5) is 12.4. The van der Waals surface area contributed by atoms with Gasteiger partial charge >= 0.3 is 175 Å². The number of methoxy groups -OCH3 is 1. The first-order valence-corrected chi connectivity index (χ1v) is 13.4. The van der Waals surface area contributed by atoms with E-state index in [-0.39, 0.29) is 28.4 Å². The Balaban J connectivity index is 1.75. The molecule has 2 aromatic heterocycles. The number of nitrogens with two attached hydrogens (primary N) is 1. The molecule has 2 heterocycles. The Morgan fingerprint density at radius 2 is 2.11 bits per heavy atom. The zero-order valence-electron chi connectivity index (χ0n) is 19.2. The van der Waals surface area contributed by atoms with E-state index < -0.39 is 20.0 Å². The van der Waals surface area contributed by atoms with Gasteiger partial charge in [0.1, 0.15) is 0 Å². The molecule has 0 saturated carbocycles. The van der Waals surface area contributed by atoms with E-state index >= 15 is 0 Å². The van der Waals surface area contributed by atoms with Gasteiger partial charge in [0.05, 0.1) is 0 Å². The van der Waals surface area contributed by atoms with E-state index in [2.05, 4.69) is 27.6 Å². The number of rotatable bonds is 8. The maximum absolute atomic E-state index is 13.2. The number of nitrogen functional groups attached to an aromatic ring is 1. The van der Waals surface area contributed by atoms with Crippen LogP contribution in [0.1, 0.15) is 23.0 Å². The van der Waals surface area contributed by atoms with Crippen LogP contribution in [0.4, 0.5) is 24.7 Å². The van der Waals surface area contributed by atoms with Crippen LogP contribution in [0.3, 0.4) is 0 Å². The number of carbonyl (C=O) groups excluding carboxylic acids is 1. The number of ether oxygens (including phenoxy) is 1. The number of amides is 1. The predicted molar refractivity (Wildman–Crippen MR) is 135 cm³/mol. The molecule has 1 atom stereocenters. The van der Waals surface area contributed by atoms with Gasteiger partial charge in [0.15, 0.2) is 0 Å². The number of benzene rings is 1. The summed E-state index contributed by atoms with van der Waals surface area (Å²) < 4.78 is 46.2. The third kappa shape index (κ3) is 7.01. The number of hydrogen-bond acceptors (Lipinski definition) is 6. The molecule has 0 spiro atoms. The molecule has 7 nitrogen and oxygen atoms in total. The molecular formula is C23H24F3N5O2SSe. The molecule has 0 radical (unpaired) electrons. The van der Waals surface area contributed by atoms with Crippen LogP contribution in [-0.2, 0) is 0 Å². The zero-order chi connectivity index (χ0) is 25.6. The van der Waals surface area contributed by atoms with Crippen molar-refractivity contribution in [2.45, 2.75) is 17.2 Å². The molecule has 0 aliphatic heterocycles. The molecule has 1 unspecified atom stereocenters. The van der Waals surface area contributed by atoms with Crippen molar-refractivity contribution >= 4 is 54.1 Å². The SMILES string of the molecule is COc1cc(C(=O)NCC(C)SC)ccc1NCC#Cc1nn2c(N)cccc2c1[Se]C(F)(F)F. The second-order valence-electron chi connectivity index (χ2n) is 7.30. The summed E-state index contributed by atoms with van der Waals surface area (Å²) in [6.45, 7) is 2.69. The Morgan fingerprint density at radius 3 is 2.80 bits per heavy atom. The fourth-order valence-corrected chi connectivity index (χ4v) is 4.71. The summed E-state index contributed by atoms with van der Waals surface area (Å²) in [6, 6.07) is 9.65. The summed E-state index contributed by atoms with van der Waals surface area (Å²) in [7, 11) is 1.48. The van der Waals surface area contributed by atoms with E-state index in [1.807, 2.05) is 13.2 Å². The quantitative estimate of drug-likeness (QED) is 0.285. The van der Waals surface area contributed by atoms with Gasteiger partial charge < -0.3 is 0 Å². The molecule has 4 N–H and O–H groups in total. The average Bonchev–Trinajstić information content (AvgIpc) is 3.17. The molecule has 0 bridgehead atoms. The van der Waals surface area contributed by atoms with Crippen molar-refractivity contribution in [3.05, 3.63) is 47.7 Å². The van der Waals surface area contributed by atoms with E-state index in [4.69, 9.17) is 10.5 Å². The number of nitrogens with zero attached hydrogens (tertiary/aromatic N) is 2. The van der Waals surface area contributed by atoms with Crippen molar-refractivity contribution in [1.82, 2.24) is 14.9 Å². The first-order valence-electron chi connectivity index (χ1n) is 10.4. The van der Waals surface area contributed by atoms with Gasteiger partial charge in [-0.25, -0.2) is 0 Å². The van der Waals surface area contributed by atoms with Crippen molar-refractivity contribution in [3.63, 3.8) is 0 Å². The third-order valence-corrected chi connectivity index (χ3v) is 7.58. The van der Waals surface area contributed by atoms with E-state index in [1.54, 1.807) is 48.2 Å². The Labute approximate surface area is 211 Å². The first kappa shape index (κ1) is 26.6. The van der Waals surface area contributed by atoms with Crippen LogP contribution in [0.25, 0.3) is 5.52 Å². The number of carbonyl (C=O) groups is 1. The molecular weight excluding hydrogens is 546 g/mol. The van der Waals surface area contributed by atoms with Gasteiger partial charge in [0, 0.05) is 11.8 Å². The molecule has 0 saturated heterocycles. The standard InChI is InChI=1S/C23H24F3N5O2SSe/c1-14(34-3)13-29-22(32)15-9-10-16(19(12-15)33-2)28-11-5-6-17-21(35-23(24,25)26)18-7-4-8-20(27)31(18)30-17/h4,7-10,12,14,28H,11,13,27H2,1-3H3,(H,29,32). The van der Waals surface area contributed by atoms with Crippen LogP contribution in [-0.4, -0.2) is 67.3 Å². The van der Waals surface area contributed by atoms with E-state index in [0.717, 1.165) is 0 Å². The van der Waals surface area contributed by atoms with Crippen molar-refractivity contribution in [2.75, 3.05) is 37.5 Å². The van der Waals surface area contributed by atoms with Gasteiger partial charge in [-0.15, -0.1) is 0 Å². The molecule has 12 heteroatoms. The number of halogens is 3. The summed E-state index contributed by atoms with van der Waals surface area (Å²) in [5.74, 6) is 6.01. The molecule has 3 aromatic rings. The third-order valence-electron chi connectivity index (χ3n) is 4.85. The average molecular weight is 570 g/mol. The van der Waals surface area contributed by atoms with Gasteiger partial charge in [-0.05, 0) is 6.26 Å². The van der Waals surface area contributed by atoms with Crippen LogP contribution in [0.5, 0.6) is 5.75 Å². The fraction of sp³-hybridized carbons (Fsp3) is 0.304. The topological polar surface area (TPSA) is 93.7 Å². The molecule has 35 heavy (non-hydrogen) atoms. The first-order chi connectivity index (χ1) is 16.6. The van der Waals surface area contributed by atoms with Gasteiger partial charge in [0.2, 0.25) is 0 Å². The van der Waals surface area contributed by atoms with E-state index in [0.29, 0.717) is 34.3 Å². The Kier molecular flexibility index (Phi) is 8.83.